The highest BCUT2D eigenvalue weighted by Crippen LogP contribution is 2.31. The van der Waals surface area contributed by atoms with Crippen LogP contribution in [0.25, 0.3) is 0 Å². The maximum atomic E-state index is 5.88. The van der Waals surface area contributed by atoms with Crippen molar-refractivity contribution in [3.05, 3.63) is 0 Å². The van der Waals surface area contributed by atoms with Gasteiger partial charge in [-0.05, 0) is 46.5 Å². The van der Waals surface area contributed by atoms with Crippen LogP contribution in [0.1, 0.15) is 61.8 Å². The maximum Gasteiger partial charge on any atom is 0.0816 e. The highest BCUT2D eigenvalue weighted by molar-refractivity contribution is 4.82. The third-order valence-corrected chi connectivity index (χ3v) is 2.23. The molecule has 0 aromatic carbocycles. The van der Waals surface area contributed by atoms with Gasteiger partial charge < -0.3 is 0 Å². The minimum absolute atomic E-state index is 0.0610. The van der Waals surface area contributed by atoms with E-state index in [1.54, 1.807) is 0 Å². The molecule has 0 aliphatic rings. The van der Waals surface area contributed by atoms with Gasteiger partial charge in [-0.25, -0.2) is 0 Å². The van der Waals surface area contributed by atoms with Gasteiger partial charge in [0.05, 0.1) is 5.60 Å². The van der Waals surface area contributed by atoms with E-state index in [0.29, 0.717) is 5.41 Å². The van der Waals surface area contributed by atoms with Gasteiger partial charge in [-0.3, -0.25) is 4.84 Å². The highest BCUT2D eigenvalue weighted by Gasteiger charge is 2.32. The number of hydrogen-bond acceptors (Lipinski definition) is 2. The molecule has 0 rings (SSSR count). The highest BCUT2D eigenvalue weighted by atomic mass is 16.7. The summed E-state index contributed by atoms with van der Waals surface area (Å²) in [4.78, 5) is 5.88. The first-order chi connectivity index (χ1) is 6.33. The van der Waals surface area contributed by atoms with E-state index >= 15 is 0 Å². The Balaban J connectivity index is 4.46. The minimum Gasteiger partial charge on any atom is -0.293 e. The van der Waals surface area contributed by atoms with Crippen LogP contribution >= 0.6 is 0 Å². The molecule has 0 fully saturated rings. The van der Waals surface area contributed by atoms with Crippen LogP contribution in [0.15, 0.2) is 0 Å². The first-order valence-corrected chi connectivity index (χ1v) is 5.76. The van der Waals surface area contributed by atoms with Crippen molar-refractivity contribution in [2.24, 2.45) is 5.41 Å². The number of nitrogens with zero attached hydrogens (tertiary/aromatic N) is 1. The van der Waals surface area contributed by atoms with Gasteiger partial charge in [0, 0.05) is 12.6 Å². The zero-order valence-corrected chi connectivity index (χ0v) is 12.1. The molecule has 15 heavy (non-hydrogen) atoms. The molecule has 0 bridgehead atoms. The molecule has 0 N–H and O–H groups in total. The molecule has 0 atom stereocenters. The molecule has 0 aliphatic carbocycles. The second kappa shape index (κ2) is 4.42. The first-order valence-electron chi connectivity index (χ1n) is 5.76. The Morgan fingerprint density at radius 1 is 0.867 bits per heavy atom. The fraction of sp³-hybridized carbons (Fsp3) is 1.00. The Labute approximate surface area is 95.9 Å². The summed E-state index contributed by atoms with van der Waals surface area (Å²) in [5, 5.41) is 2.00. The second-order valence-electron chi connectivity index (χ2n) is 7.25. The van der Waals surface area contributed by atoms with Gasteiger partial charge in [0.15, 0.2) is 0 Å². The maximum absolute atomic E-state index is 5.88. The van der Waals surface area contributed by atoms with E-state index in [1.165, 1.54) is 0 Å². The van der Waals surface area contributed by atoms with E-state index in [-0.39, 0.29) is 11.1 Å². The molecule has 0 aliphatic heterocycles. The van der Waals surface area contributed by atoms with Crippen LogP contribution in [0.5, 0.6) is 0 Å². The average molecular weight is 215 g/mol. The summed E-state index contributed by atoms with van der Waals surface area (Å²) in [5.74, 6) is 0. The molecule has 0 saturated heterocycles. The van der Waals surface area contributed by atoms with E-state index in [4.69, 9.17) is 4.84 Å². The molecule has 2 nitrogen and oxygen atoms in total. The molecule has 0 saturated carbocycles. The van der Waals surface area contributed by atoms with E-state index in [2.05, 4.69) is 55.4 Å². The van der Waals surface area contributed by atoms with E-state index in [1.807, 2.05) is 12.1 Å². The molecule has 0 amide bonds. The lowest BCUT2D eigenvalue weighted by atomic mass is 9.82. The lowest BCUT2D eigenvalue weighted by molar-refractivity contribution is -0.261. The Bertz CT molecular complexity index is 196. The summed E-state index contributed by atoms with van der Waals surface area (Å²) in [6.07, 6.45) is 1.10. The summed E-state index contributed by atoms with van der Waals surface area (Å²) >= 11 is 0. The van der Waals surface area contributed by atoms with Crippen LogP contribution in [0.3, 0.4) is 0 Å². The average Bonchev–Trinajstić information content (AvgIpc) is 1.75. The van der Waals surface area contributed by atoms with Gasteiger partial charge >= 0.3 is 0 Å². The van der Waals surface area contributed by atoms with Crippen LogP contribution in [0, 0.1) is 5.41 Å². The van der Waals surface area contributed by atoms with Gasteiger partial charge in [-0.2, -0.15) is 5.06 Å². The predicted molar refractivity (Wildman–Crippen MR) is 66.8 cm³/mol. The number of hydrogen-bond donors (Lipinski definition) is 0. The van der Waals surface area contributed by atoms with E-state index in [9.17, 15) is 0 Å². The van der Waals surface area contributed by atoms with E-state index in [0.717, 1.165) is 6.42 Å². The molecule has 0 aromatic heterocycles. The zero-order valence-electron chi connectivity index (χ0n) is 12.1. The van der Waals surface area contributed by atoms with Crippen LogP contribution in [0.4, 0.5) is 0 Å². The topological polar surface area (TPSA) is 12.5 Å². The predicted octanol–water partition coefficient (Wildman–Crippen LogP) is 3.86. The number of rotatable bonds is 3. The SMILES string of the molecule is CN(OC(C)(C)C)C(C)(C)CC(C)(C)C. The van der Waals surface area contributed by atoms with Crippen molar-refractivity contribution in [2.75, 3.05) is 7.05 Å². The lowest BCUT2D eigenvalue weighted by Crippen LogP contribution is -2.47. The van der Waals surface area contributed by atoms with Gasteiger partial charge in [0.1, 0.15) is 0 Å². The molecule has 0 unspecified atom stereocenters. The zero-order chi connectivity index (χ0) is 12.5. The monoisotopic (exact) mass is 215 g/mol. The van der Waals surface area contributed by atoms with Gasteiger partial charge in [-0.1, -0.05) is 20.8 Å². The van der Waals surface area contributed by atoms with Crippen molar-refractivity contribution in [1.82, 2.24) is 5.06 Å². The third-order valence-electron chi connectivity index (χ3n) is 2.23. The van der Waals surface area contributed by atoms with Crippen molar-refractivity contribution in [3.63, 3.8) is 0 Å². The van der Waals surface area contributed by atoms with Crippen molar-refractivity contribution in [1.29, 1.82) is 0 Å². The number of hydroxylamine groups is 2. The minimum atomic E-state index is -0.121. The van der Waals surface area contributed by atoms with Gasteiger partial charge in [0.2, 0.25) is 0 Å². The third kappa shape index (κ3) is 6.91. The van der Waals surface area contributed by atoms with Gasteiger partial charge in [-0.15, -0.1) is 0 Å². The van der Waals surface area contributed by atoms with Crippen LogP contribution < -0.4 is 0 Å². The van der Waals surface area contributed by atoms with Crippen LogP contribution in [-0.2, 0) is 4.84 Å². The molecular weight excluding hydrogens is 186 g/mol. The van der Waals surface area contributed by atoms with Crippen molar-refractivity contribution in [3.8, 4) is 0 Å². The lowest BCUT2D eigenvalue weighted by Gasteiger charge is -2.42. The van der Waals surface area contributed by atoms with Crippen molar-refractivity contribution in [2.45, 2.75) is 73.0 Å². The summed E-state index contributed by atoms with van der Waals surface area (Å²) in [5.41, 5.74) is 0.258. The fourth-order valence-corrected chi connectivity index (χ4v) is 1.94. The molecular formula is C13H29NO. The Morgan fingerprint density at radius 3 is 1.53 bits per heavy atom. The molecule has 0 radical (unpaired) electrons. The van der Waals surface area contributed by atoms with Crippen molar-refractivity contribution >= 4 is 0 Å². The van der Waals surface area contributed by atoms with E-state index < -0.39 is 0 Å². The van der Waals surface area contributed by atoms with Gasteiger partial charge in [0.25, 0.3) is 0 Å². The molecule has 0 aromatic rings. The molecule has 2 heteroatoms. The standard InChI is InChI=1S/C13H29NO/c1-11(2,3)10-13(7,8)14(9)15-12(4,5)6/h10H2,1-9H3. The van der Waals surface area contributed by atoms with Crippen molar-refractivity contribution < 1.29 is 4.84 Å². The quantitative estimate of drug-likeness (QED) is 0.663. The summed E-state index contributed by atoms with van der Waals surface area (Å²) in [7, 11) is 2.02. The van der Waals surface area contributed by atoms with Crippen LogP contribution in [0.2, 0.25) is 0 Å². The molecule has 92 valence electrons. The smallest absolute Gasteiger partial charge is 0.0816 e. The second-order valence-corrected chi connectivity index (χ2v) is 7.25. The Kier molecular flexibility index (Phi) is 4.40. The Morgan fingerprint density at radius 2 is 1.27 bits per heavy atom. The molecule has 0 spiro atoms. The fourth-order valence-electron chi connectivity index (χ4n) is 1.94. The summed E-state index contributed by atoms with van der Waals surface area (Å²) in [6.45, 7) is 17.5. The Hall–Kier alpha value is -0.0800. The summed E-state index contributed by atoms with van der Waals surface area (Å²) in [6, 6.07) is 0. The normalized spacial score (nSPS) is 14.8. The first kappa shape index (κ1) is 14.9. The largest absolute Gasteiger partial charge is 0.293 e. The van der Waals surface area contributed by atoms with Crippen LogP contribution in [-0.4, -0.2) is 23.3 Å². The molecule has 0 heterocycles. The summed E-state index contributed by atoms with van der Waals surface area (Å²) < 4.78 is 0.